The van der Waals surface area contributed by atoms with Gasteiger partial charge in [-0.25, -0.2) is 4.79 Å². The molecule has 1 aromatic rings. The van der Waals surface area contributed by atoms with E-state index in [9.17, 15) is 24.0 Å². The van der Waals surface area contributed by atoms with E-state index in [-0.39, 0.29) is 23.3 Å². The molecule has 0 aliphatic heterocycles. The molecule has 8 heteroatoms. The second-order valence-corrected chi connectivity index (χ2v) is 4.90. The highest BCUT2D eigenvalue weighted by Crippen LogP contribution is 2.30. The van der Waals surface area contributed by atoms with Crippen LogP contribution in [0.15, 0.2) is 18.2 Å². The quantitative estimate of drug-likeness (QED) is 0.602. The first kappa shape index (κ1) is 17.3. The van der Waals surface area contributed by atoms with Crippen LogP contribution in [0.3, 0.4) is 0 Å². The normalized spacial score (nSPS) is 15.7. The maximum atomic E-state index is 12.5. The molecule has 0 heterocycles. The lowest BCUT2D eigenvalue weighted by molar-refractivity contribution is -0.143. The molecule has 1 atom stereocenters. The zero-order chi connectivity index (χ0) is 17.9. The third-order valence-electron chi connectivity index (χ3n) is 3.48. The summed E-state index contributed by atoms with van der Waals surface area (Å²) in [6, 6.07) is 4.13. The van der Waals surface area contributed by atoms with Crippen molar-refractivity contribution in [1.82, 2.24) is 5.32 Å². The van der Waals surface area contributed by atoms with Crippen LogP contribution in [0.5, 0.6) is 0 Å². The van der Waals surface area contributed by atoms with Crippen molar-refractivity contribution in [3.05, 3.63) is 34.9 Å². The number of ether oxygens (including phenoxy) is 2. The van der Waals surface area contributed by atoms with Crippen molar-refractivity contribution in [2.75, 3.05) is 20.3 Å². The molecule has 1 aliphatic rings. The molecule has 0 saturated carbocycles. The van der Waals surface area contributed by atoms with Gasteiger partial charge in [-0.3, -0.25) is 19.2 Å². The highest BCUT2D eigenvalue weighted by atomic mass is 16.5. The number of carbonyl (C=O) groups excluding carboxylic acids is 5. The van der Waals surface area contributed by atoms with Crippen molar-refractivity contribution in [2.45, 2.75) is 6.92 Å². The highest BCUT2D eigenvalue weighted by Gasteiger charge is 2.45. The molecule has 0 radical (unpaired) electrons. The van der Waals surface area contributed by atoms with Gasteiger partial charge < -0.3 is 14.8 Å². The van der Waals surface area contributed by atoms with Crippen molar-refractivity contribution >= 4 is 29.4 Å². The summed E-state index contributed by atoms with van der Waals surface area (Å²) in [7, 11) is 1.15. The smallest absolute Gasteiger partial charge is 0.338 e. The molecular formula is C16H15NO7. The minimum atomic E-state index is -1.62. The van der Waals surface area contributed by atoms with Gasteiger partial charge in [-0.2, -0.15) is 0 Å². The Balaban J connectivity index is 2.25. The van der Waals surface area contributed by atoms with Gasteiger partial charge in [-0.1, -0.05) is 12.1 Å². The monoisotopic (exact) mass is 333 g/mol. The molecule has 1 amide bonds. The van der Waals surface area contributed by atoms with Crippen LogP contribution in [0, 0.1) is 5.92 Å². The summed E-state index contributed by atoms with van der Waals surface area (Å²) < 4.78 is 9.23. The van der Waals surface area contributed by atoms with Crippen molar-refractivity contribution in [1.29, 1.82) is 0 Å². The van der Waals surface area contributed by atoms with Crippen LogP contribution in [-0.4, -0.2) is 49.7 Å². The Bertz CT molecular complexity index is 738. The number of nitrogens with one attached hydrogen (secondary N) is 1. The van der Waals surface area contributed by atoms with E-state index in [4.69, 9.17) is 0 Å². The molecule has 0 fully saturated rings. The number of rotatable bonds is 5. The number of fused-ring (bicyclic) bond motifs is 1. The van der Waals surface area contributed by atoms with Gasteiger partial charge in [0, 0.05) is 11.1 Å². The van der Waals surface area contributed by atoms with Gasteiger partial charge in [0.2, 0.25) is 5.91 Å². The first-order chi connectivity index (χ1) is 11.4. The lowest BCUT2D eigenvalue weighted by Gasteiger charge is -2.08. The van der Waals surface area contributed by atoms with E-state index < -0.39 is 41.9 Å². The lowest BCUT2D eigenvalue weighted by Crippen LogP contribution is -2.39. The lowest BCUT2D eigenvalue weighted by atomic mass is 10.0. The number of Topliss-reactive ketones (excluding diaryl/α,β-unsaturated/α-hetero) is 2. The molecule has 0 aromatic heterocycles. The van der Waals surface area contributed by atoms with Gasteiger partial charge in [0.1, 0.15) is 6.54 Å². The highest BCUT2D eigenvalue weighted by molar-refractivity contribution is 6.36. The topological polar surface area (TPSA) is 116 Å². The molecule has 24 heavy (non-hydrogen) atoms. The van der Waals surface area contributed by atoms with E-state index in [2.05, 4.69) is 14.8 Å². The summed E-state index contributed by atoms with van der Waals surface area (Å²) in [4.78, 5) is 59.9. The average Bonchev–Trinajstić information content (AvgIpc) is 2.83. The molecule has 1 unspecified atom stereocenters. The van der Waals surface area contributed by atoms with Crippen LogP contribution in [0.4, 0.5) is 0 Å². The number of benzene rings is 1. The van der Waals surface area contributed by atoms with Gasteiger partial charge in [-0.15, -0.1) is 0 Å². The van der Waals surface area contributed by atoms with Crippen LogP contribution in [-0.2, 0) is 19.1 Å². The first-order valence-corrected chi connectivity index (χ1v) is 7.15. The molecule has 0 bridgehead atoms. The second-order valence-electron chi connectivity index (χ2n) is 4.90. The fraction of sp³-hybridized carbons (Fsp3) is 0.312. The second kappa shape index (κ2) is 7.03. The van der Waals surface area contributed by atoms with Crippen LogP contribution in [0.1, 0.15) is 38.0 Å². The summed E-state index contributed by atoms with van der Waals surface area (Å²) in [5, 5.41) is 2.20. The third-order valence-corrected chi connectivity index (χ3v) is 3.48. The molecule has 126 valence electrons. The number of esters is 2. The Kier molecular flexibility index (Phi) is 5.08. The van der Waals surface area contributed by atoms with Crippen molar-refractivity contribution < 1.29 is 33.4 Å². The van der Waals surface area contributed by atoms with Crippen LogP contribution < -0.4 is 5.32 Å². The van der Waals surface area contributed by atoms with Gasteiger partial charge in [0.25, 0.3) is 0 Å². The molecule has 8 nitrogen and oxygen atoms in total. The van der Waals surface area contributed by atoms with E-state index in [0.717, 1.165) is 7.11 Å². The van der Waals surface area contributed by atoms with E-state index in [1.54, 1.807) is 6.92 Å². The summed E-state index contributed by atoms with van der Waals surface area (Å²) in [5.74, 6) is -5.51. The first-order valence-electron chi connectivity index (χ1n) is 7.15. The third kappa shape index (κ3) is 3.03. The summed E-state index contributed by atoms with van der Waals surface area (Å²) in [6.45, 7) is 1.29. The van der Waals surface area contributed by atoms with Crippen molar-refractivity contribution in [3.8, 4) is 0 Å². The predicted octanol–water partition coefficient (Wildman–Crippen LogP) is 0.148. The molecule has 0 spiro atoms. The number of hydrogen-bond donors (Lipinski definition) is 1. The molecule has 1 aliphatic carbocycles. The van der Waals surface area contributed by atoms with E-state index in [0.29, 0.717) is 0 Å². The maximum absolute atomic E-state index is 12.5. The van der Waals surface area contributed by atoms with Crippen LogP contribution >= 0.6 is 0 Å². The van der Waals surface area contributed by atoms with Crippen molar-refractivity contribution in [2.24, 2.45) is 5.92 Å². The van der Waals surface area contributed by atoms with Gasteiger partial charge in [-0.05, 0) is 13.0 Å². The fourth-order valence-electron chi connectivity index (χ4n) is 2.43. The Morgan fingerprint density at radius 1 is 1.17 bits per heavy atom. The summed E-state index contributed by atoms with van der Waals surface area (Å²) in [5.41, 5.74) is -0.223. The number of hydrogen-bond acceptors (Lipinski definition) is 7. The minimum Gasteiger partial charge on any atom is -0.465 e. The summed E-state index contributed by atoms with van der Waals surface area (Å²) in [6.07, 6.45) is 0. The van der Waals surface area contributed by atoms with Crippen LogP contribution in [0.2, 0.25) is 0 Å². The SMILES string of the molecule is CCOC(=O)CNC(=O)C1C(=O)c2cccc(C(=O)OC)c2C1=O. The van der Waals surface area contributed by atoms with Gasteiger partial charge in [0.05, 0.1) is 19.3 Å². The number of carbonyl (C=O) groups is 5. The number of methoxy groups -OCH3 is 1. The Hall–Kier alpha value is -3.03. The van der Waals surface area contributed by atoms with Gasteiger partial charge >= 0.3 is 11.9 Å². The fourth-order valence-corrected chi connectivity index (χ4v) is 2.43. The van der Waals surface area contributed by atoms with Crippen LogP contribution in [0.25, 0.3) is 0 Å². The Morgan fingerprint density at radius 3 is 2.50 bits per heavy atom. The minimum absolute atomic E-state index is 0.0146. The van der Waals surface area contributed by atoms with Gasteiger partial charge in [0.15, 0.2) is 17.5 Å². The number of ketones is 2. The largest absolute Gasteiger partial charge is 0.465 e. The zero-order valence-electron chi connectivity index (χ0n) is 13.1. The predicted molar refractivity (Wildman–Crippen MR) is 79.6 cm³/mol. The Morgan fingerprint density at radius 2 is 1.88 bits per heavy atom. The zero-order valence-corrected chi connectivity index (χ0v) is 13.1. The average molecular weight is 333 g/mol. The van der Waals surface area contributed by atoms with E-state index in [1.807, 2.05) is 0 Å². The molecule has 0 saturated heterocycles. The molecule has 1 aromatic carbocycles. The summed E-state index contributed by atoms with van der Waals surface area (Å²) >= 11 is 0. The Labute approximate surface area is 137 Å². The van der Waals surface area contributed by atoms with E-state index in [1.165, 1.54) is 18.2 Å². The maximum Gasteiger partial charge on any atom is 0.338 e. The molecule has 2 rings (SSSR count). The molecular weight excluding hydrogens is 318 g/mol. The number of amides is 1. The van der Waals surface area contributed by atoms with Crippen molar-refractivity contribution in [3.63, 3.8) is 0 Å². The van der Waals surface area contributed by atoms with E-state index >= 15 is 0 Å². The standard InChI is InChI=1S/C16H15NO7/c1-3-24-10(18)7-17-15(21)12-13(19)8-5-4-6-9(16(22)23-2)11(8)14(12)20/h4-6,12H,3,7H2,1-2H3,(H,17,21). The molecule has 1 N–H and O–H groups in total.